The molecule has 0 bridgehead atoms. The van der Waals surface area contributed by atoms with E-state index in [1.54, 1.807) is 35.0 Å². The molecular formula is C17H13ClFN3O. The first-order valence-corrected chi connectivity index (χ1v) is 7.30. The molecule has 0 saturated heterocycles. The second-order valence-electron chi connectivity index (χ2n) is 5.03. The van der Waals surface area contributed by atoms with Gasteiger partial charge in [-0.25, -0.2) is 9.07 Å². The number of halogens is 2. The summed E-state index contributed by atoms with van der Waals surface area (Å²) in [6.45, 7) is 1.82. The Kier molecular flexibility index (Phi) is 4.12. The Labute approximate surface area is 137 Å². The maximum atomic E-state index is 13.2. The first-order chi connectivity index (χ1) is 11.0. The molecule has 0 atom stereocenters. The summed E-state index contributed by atoms with van der Waals surface area (Å²) in [5, 5.41) is 7.67. The molecular weight excluding hydrogens is 317 g/mol. The first kappa shape index (κ1) is 15.2. The highest BCUT2D eigenvalue weighted by Gasteiger charge is 2.13. The van der Waals surface area contributed by atoms with E-state index < -0.39 is 11.7 Å². The highest BCUT2D eigenvalue weighted by Crippen LogP contribution is 2.20. The molecule has 0 aliphatic rings. The highest BCUT2D eigenvalue weighted by molar-refractivity contribution is 6.30. The lowest BCUT2D eigenvalue weighted by Crippen LogP contribution is -2.15. The van der Waals surface area contributed by atoms with Crippen LogP contribution in [0.25, 0.3) is 5.69 Å². The van der Waals surface area contributed by atoms with Crippen LogP contribution in [-0.2, 0) is 0 Å². The predicted octanol–water partition coefficient (Wildman–Crippen LogP) is 4.23. The van der Waals surface area contributed by atoms with Gasteiger partial charge in [-0.2, -0.15) is 5.10 Å². The third-order valence-corrected chi connectivity index (χ3v) is 3.45. The van der Waals surface area contributed by atoms with Crippen LogP contribution in [0.5, 0.6) is 0 Å². The minimum Gasteiger partial charge on any atom is -0.306 e. The van der Waals surface area contributed by atoms with Gasteiger partial charge in [-0.15, -0.1) is 0 Å². The van der Waals surface area contributed by atoms with Crippen molar-refractivity contribution in [1.82, 2.24) is 9.78 Å². The van der Waals surface area contributed by atoms with Crippen molar-refractivity contribution in [3.05, 3.63) is 76.7 Å². The molecule has 1 heterocycles. The van der Waals surface area contributed by atoms with Crippen LogP contribution >= 0.6 is 11.6 Å². The third-order valence-electron chi connectivity index (χ3n) is 3.21. The Morgan fingerprint density at radius 2 is 1.96 bits per heavy atom. The lowest BCUT2D eigenvalue weighted by molar-refractivity contribution is 0.102. The van der Waals surface area contributed by atoms with E-state index in [0.29, 0.717) is 10.8 Å². The normalized spacial score (nSPS) is 10.6. The Morgan fingerprint density at radius 1 is 1.17 bits per heavy atom. The molecule has 2 aromatic carbocycles. The Balaban J connectivity index is 1.93. The molecule has 0 spiro atoms. The van der Waals surface area contributed by atoms with Crippen molar-refractivity contribution < 1.29 is 9.18 Å². The van der Waals surface area contributed by atoms with E-state index in [2.05, 4.69) is 10.4 Å². The summed E-state index contributed by atoms with van der Waals surface area (Å²) in [5.74, 6) is -0.385. The number of hydrogen-bond acceptors (Lipinski definition) is 2. The summed E-state index contributed by atoms with van der Waals surface area (Å²) in [4.78, 5) is 12.3. The number of carbonyl (C=O) groups excluding carboxylic acids is 1. The minimum atomic E-state index is -0.461. The SMILES string of the molecule is Cc1cc(NC(=O)c2cccc(F)c2)n(-c2cccc(Cl)c2)n1. The van der Waals surface area contributed by atoms with E-state index in [1.807, 2.05) is 13.0 Å². The fourth-order valence-electron chi connectivity index (χ4n) is 2.21. The van der Waals surface area contributed by atoms with Gasteiger partial charge in [-0.1, -0.05) is 23.7 Å². The smallest absolute Gasteiger partial charge is 0.256 e. The van der Waals surface area contributed by atoms with Gasteiger partial charge in [-0.3, -0.25) is 4.79 Å². The monoisotopic (exact) mass is 329 g/mol. The molecule has 3 aromatic rings. The molecule has 1 aromatic heterocycles. The van der Waals surface area contributed by atoms with E-state index in [0.717, 1.165) is 11.4 Å². The topological polar surface area (TPSA) is 46.9 Å². The van der Waals surface area contributed by atoms with Crippen LogP contribution in [0.4, 0.5) is 10.2 Å². The van der Waals surface area contributed by atoms with Crippen LogP contribution in [-0.4, -0.2) is 15.7 Å². The summed E-state index contributed by atoms with van der Waals surface area (Å²) in [5.41, 5.74) is 1.70. The summed E-state index contributed by atoms with van der Waals surface area (Å²) in [6.07, 6.45) is 0. The van der Waals surface area contributed by atoms with Gasteiger partial charge in [0.1, 0.15) is 11.6 Å². The zero-order valence-corrected chi connectivity index (χ0v) is 13.0. The molecule has 0 aliphatic heterocycles. The van der Waals surface area contributed by atoms with E-state index in [1.165, 1.54) is 18.2 Å². The number of amides is 1. The lowest BCUT2D eigenvalue weighted by atomic mass is 10.2. The van der Waals surface area contributed by atoms with Gasteiger partial charge in [0.25, 0.3) is 5.91 Å². The number of carbonyl (C=O) groups is 1. The second kappa shape index (κ2) is 6.22. The van der Waals surface area contributed by atoms with Gasteiger partial charge in [0.2, 0.25) is 0 Å². The molecule has 0 fully saturated rings. The Hall–Kier alpha value is -2.66. The molecule has 0 unspecified atom stereocenters. The molecule has 116 valence electrons. The zero-order valence-electron chi connectivity index (χ0n) is 12.3. The average molecular weight is 330 g/mol. The quantitative estimate of drug-likeness (QED) is 0.781. The standard InChI is InChI=1S/C17H13ClFN3O/c1-11-8-16(20-17(23)12-4-2-6-14(19)9-12)22(21-11)15-7-3-5-13(18)10-15/h2-10H,1H3,(H,20,23). The number of aromatic nitrogens is 2. The summed E-state index contributed by atoms with van der Waals surface area (Å²) < 4.78 is 14.8. The van der Waals surface area contributed by atoms with Gasteiger partial charge in [0.05, 0.1) is 11.4 Å². The number of nitrogens with zero attached hydrogens (tertiary/aromatic N) is 2. The molecule has 3 rings (SSSR count). The largest absolute Gasteiger partial charge is 0.306 e. The minimum absolute atomic E-state index is 0.237. The fourth-order valence-corrected chi connectivity index (χ4v) is 2.40. The lowest BCUT2D eigenvalue weighted by Gasteiger charge is -2.09. The van der Waals surface area contributed by atoms with Crippen LogP contribution < -0.4 is 5.32 Å². The molecule has 1 N–H and O–H groups in total. The Morgan fingerprint density at radius 3 is 2.70 bits per heavy atom. The van der Waals surface area contributed by atoms with Crippen molar-refractivity contribution in [3.8, 4) is 5.69 Å². The van der Waals surface area contributed by atoms with Gasteiger partial charge >= 0.3 is 0 Å². The van der Waals surface area contributed by atoms with Gasteiger partial charge < -0.3 is 5.32 Å². The molecule has 4 nitrogen and oxygen atoms in total. The molecule has 23 heavy (non-hydrogen) atoms. The fraction of sp³-hybridized carbons (Fsp3) is 0.0588. The van der Waals surface area contributed by atoms with E-state index in [9.17, 15) is 9.18 Å². The van der Waals surface area contributed by atoms with Crippen LogP contribution in [0.1, 0.15) is 16.1 Å². The van der Waals surface area contributed by atoms with Crippen molar-refractivity contribution in [2.24, 2.45) is 0 Å². The molecule has 1 amide bonds. The third kappa shape index (κ3) is 3.40. The van der Waals surface area contributed by atoms with Crippen LogP contribution in [0, 0.1) is 12.7 Å². The van der Waals surface area contributed by atoms with E-state index >= 15 is 0 Å². The molecule has 0 radical (unpaired) electrons. The number of aryl methyl sites for hydroxylation is 1. The second-order valence-corrected chi connectivity index (χ2v) is 5.46. The van der Waals surface area contributed by atoms with Gasteiger partial charge in [-0.05, 0) is 43.3 Å². The van der Waals surface area contributed by atoms with Crippen molar-refractivity contribution >= 4 is 23.3 Å². The number of nitrogens with one attached hydrogen (secondary N) is 1. The summed E-state index contributed by atoms with van der Waals surface area (Å²) >= 11 is 6.00. The van der Waals surface area contributed by atoms with E-state index in [-0.39, 0.29) is 5.56 Å². The van der Waals surface area contributed by atoms with Crippen molar-refractivity contribution in [1.29, 1.82) is 0 Å². The van der Waals surface area contributed by atoms with Crippen molar-refractivity contribution in [3.63, 3.8) is 0 Å². The van der Waals surface area contributed by atoms with Gasteiger partial charge in [0, 0.05) is 16.7 Å². The van der Waals surface area contributed by atoms with Crippen molar-refractivity contribution in [2.45, 2.75) is 6.92 Å². The first-order valence-electron chi connectivity index (χ1n) is 6.92. The number of benzene rings is 2. The number of rotatable bonds is 3. The summed E-state index contributed by atoms with van der Waals surface area (Å²) in [6, 6.07) is 14.4. The molecule has 0 aliphatic carbocycles. The molecule has 6 heteroatoms. The van der Waals surface area contributed by atoms with Crippen LogP contribution in [0.2, 0.25) is 5.02 Å². The number of hydrogen-bond donors (Lipinski definition) is 1. The summed E-state index contributed by atoms with van der Waals surface area (Å²) in [7, 11) is 0. The van der Waals surface area contributed by atoms with Crippen molar-refractivity contribution in [2.75, 3.05) is 5.32 Å². The highest BCUT2D eigenvalue weighted by atomic mass is 35.5. The number of anilines is 1. The maximum absolute atomic E-state index is 13.2. The predicted molar refractivity (Wildman–Crippen MR) is 87.7 cm³/mol. The Bertz CT molecular complexity index is 876. The average Bonchev–Trinajstić information content (AvgIpc) is 2.88. The maximum Gasteiger partial charge on any atom is 0.256 e. The molecule has 0 saturated carbocycles. The van der Waals surface area contributed by atoms with Crippen LogP contribution in [0.15, 0.2) is 54.6 Å². The van der Waals surface area contributed by atoms with E-state index in [4.69, 9.17) is 11.6 Å². The van der Waals surface area contributed by atoms with Crippen LogP contribution in [0.3, 0.4) is 0 Å². The van der Waals surface area contributed by atoms with Gasteiger partial charge in [0.15, 0.2) is 0 Å². The zero-order chi connectivity index (χ0) is 16.4.